The van der Waals surface area contributed by atoms with Crippen LogP contribution in [0, 0.1) is 0 Å². The Morgan fingerprint density at radius 3 is 2.65 bits per heavy atom. The predicted molar refractivity (Wildman–Crippen MR) is 101 cm³/mol. The molecular weight excluding hydrogens is 354 g/mol. The molecule has 1 aliphatic heterocycles. The Kier molecular flexibility index (Phi) is 6.35. The van der Waals surface area contributed by atoms with Gasteiger partial charge in [0, 0.05) is 25.3 Å². The van der Waals surface area contributed by atoms with Gasteiger partial charge in [0.05, 0.1) is 26.1 Å². The molecule has 9 heteroatoms. The maximum Gasteiger partial charge on any atom is 0.234 e. The third-order valence-electron chi connectivity index (χ3n) is 4.01. The van der Waals surface area contributed by atoms with Crippen molar-refractivity contribution in [2.75, 3.05) is 49.4 Å². The number of methoxy groups -OCH3 is 1. The molecule has 0 bridgehead atoms. The Bertz CT molecular complexity index is 728. The molecule has 0 unspecified atom stereocenters. The summed E-state index contributed by atoms with van der Waals surface area (Å²) in [6.07, 6.45) is 0. The zero-order chi connectivity index (χ0) is 18.4. The molecule has 2 heterocycles. The van der Waals surface area contributed by atoms with Gasteiger partial charge in [-0.05, 0) is 31.2 Å². The Morgan fingerprint density at radius 1 is 1.27 bits per heavy atom. The summed E-state index contributed by atoms with van der Waals surface area (Å²) in [6.45, 7) is 5.81. The first kappa shape index (κ1) is 18.5. The van der Waals surface area contributed by atoms with Gasteiger partial charge in [0.25, 0.3) is 0 Å². The van der Waals surface area contributed by atoms with Gasteiger partial charge in [-0.15, -0.1) is 10.2 Å². The molecule has 1 N–H and O–H groups in total. The van der Waals surface area contributed by atoms with Gasteiger partial charge in [0.2, 0.25) is 11.9 Å². The number of rotatable bonds is 7. The Hall–Kier alpha value is -2.26. The van der Waals surface area contributed by atoms with Crippen LogP contribution < -0.4 is 15.0 Å². The second-order valence-corrected chi connectivity index (χ2v) is 6.63. The van der Waals surface area contributed by atoms with Gasteiger partial charge in [-0.2, -0.15) is 0 Å². The molecule has 8 nitrogen and oxygen atoms in total. The zero-order valence-electron chi connectivity index (χ0n) is 15.0. The Balaban J connectivity index is 1.58. The van der Waals surface area contributed by atoms with Crippen molar-refractivity contribution in [1.29, 1.82) is 0 Å². The first-order chi connectivity index (χ1) is 12.7. The molecule has 0 aliphatic carbocycles. The summed E-state index contributed by atoms with van der Waals surface area (Å²) in [4.78, 5) is 14.4. The molecular formula is C17H23N5O3S. The molecule has 0 saturated carbocycles. The molecule has 1 aliphatic rings. The van der Waals surface area contributed by atoms with Crippen LogP contribution in [0.2, 0.25) is 0 Å². The van der Waals surface area contributed by atoms with E-state index in [2.05, 4.69) is 27.3 Å². The third-order valence-corrected chi connectivity index (χ3v) is 4.98. The van der Waals surface area contributed by atoms with Crippen LogP contribution in [0.4, 0.5) is 11.6 Å². The number of morpholine rings is 1. The van der Waals surface area contributed by atoms with Crippen molar-refractivity contribution in [1.82, 2.24) is 14.8 Å². The van der Waals surface area contributed by atoms with E-state index in [1.807, 2.05) is 28.8 Å². The van der Waals surface area contributed by atoms with E-state index in [1.165, 1.54) is 11.8 Å². The fourth-order valence-electron chi connectivity index (χ4n) is 2.66. The number of ether oxygens (including phenoxy) is 2. The van der Waals surface area contributed by atoms with Crippen molar-refractivity contribution >= 4 is 29.3 Å². The molecule has 0 spiro atoms. The molecule has 0 radical (unpaired) electrons. The number of nitrogens with one attached hydrogen (secondary N) is 1. The summed E-state index contributed by atoms with van der Waals surface area (Å²) >= 11 is 1.39. The fraction of sp³-hybridized carbons (Fsp3) is 0.471. The molecule has 1 amide bonds. The second kappa shape index (κ2) is 8.91. The molecule has 26 heavy (non-hydrogen) atoms. The van der Waals surface area contributed by atoms with Gasteiger partial charge in [-0.1, -0.05) is 11.8 Å². The highest BCUT2D eigenvalue weighted by Crippen LogP contribution is 2.23. The number of nitrogens with zero attached hydrogens (tertiary/aromatic N) is 4. The maximum absolute atomic E-state index is 12.2. The number of amides is 1. The Morgan fingerprint density at radius 2 is 2.00 bits per heavy atom. The molecule has 1 aromatic carbocycles. The van der Waals surface area contributed by atoms with Gasteiger partial charge < -0.3 is 19.7 Å². The average Bonchev–Trinajstić information content (AvgIpc) is 3.10. The van der Waals surface area contributed by atoms with Crippen LogP contribution in [-0.2, 0) is 16.1 Å². The number of aromatic nitrogens is 3. The van der Waals surface area contributed by atoms with Crippen LogP contribution >= 0.6 is 11.8 Å². The van der Waals surface area contributed by atoms with E-state index in [-0.39, 0.29) is 11.7 Å². The summed E-state index contributed by atoms with van der Waals surface area (Å²) in [5.41, 5.74) is 0.738. The number of benzene rings is 1. The maximum atomic E-state index is 12.2. The molecule has 1 aromatic heterocycles. The summed E-state index contributed by atoms with van der Waals surface area (Å²) in [6, 6.07) is 7.25. The van der Waals surface area contributed by atoms with Crippen LogP contribution in [-0.4, -0.2) is 59.8 Å². The normalized spacial score (nSPS) is 14.3. The van der Waals surface area contributed by atoms with Crippen molar-refractivity contribution in [2.45, 2.75) is 18.6 Å². The largest absolute Gasteiger partial charge is 0.497 e. The smallest absolute Gasteiger partial charge is 0.234 e. The first-order valence-electron chi connectivity index (χ1n) is 8.54. The summed E-state index contributed by atoms with van der Waals surface area (Å²) in [7, 11) is 1.61. The van der Waals surface area contributed by atoms with Crippen LogP contribution in [0.1, 0.15) is 6.92 Å². The minimum atomic E-state index is -0.0845. The number of hydrogen-bond acceptors (Lipinski definition) is 7. The molecule has 0 atom stereocenters. The summed E-state index contributed by atoms with van der Waals surface area (Å²) in [5.74, 6) is 1.78. The van der Waals surface area contributed by atoms with Gasteiger partial charge in [0.1, 0.15) is 5.75 Å². The number of carbonyl (C=O) groups is 1. The van der Waals surface area contributed by atoms with Crippen molar-refractivity contribution < 1.29 is 14.3 Å². The highest BCUT2D eigenvalue weighted by Gasteiger charge is 2.20. The second-order valence-electron chi connectivity index (χ2n) is 5.69. The van der Waals surface area contributed by atoms with E-state index in [9.17, 15) is 4.79 Å². The van der Waals surface area contributed by atoms with Gasteiger partial charge in [0.15, 0.2) is 5.16 Å². The number of anilines is 2. The number of carbonyl (C=O) groups excluding carboxylic acids is 1. The van der Waals surface area contributed by atoms with E-state index in [1.54, 1.807) is 7.11 Å². The van der Waals surface area contributed by atoms with Crippen molar-refractivity contribution in [3.8, 4) is 5.75 Å². The number of thioether (sulfide) groups is 1. The van der Waals surface area contributed by atoms with Crippen molar-refractivity contribution in [3.63, 3.8) is 0 Å². The molecule has 1 fully saturated rings. The molecule has 3 rings (SSSR count). The topological polar surface area (TPSA) is 81.5 Å². The predicted octanol–water partition coefficient (Wildman–Crippen LogP) is 1.87. The van der Waals surface area contributed by atoms with Crippen LogP contribution in [0.3, 0.4) is 0 Å². The number of hydrogen-bond donors (Lipinski definition) is 1. The fourth-order valence-corrected chi connectivity index (χ4v) is 3.46. The lowest BCUT2D eigenvalue weighted by Gasteiger charge is -2.27. The quantitative estimate of drug-likeness (QED) is 0.738. The lowest BCUT2D eigenvalue weighted by Crippen LogP contribution is -2.38. The molecule has 1 saturated heterocycles. The molecule has 2 aromatic rings. The van der Waals surface area contributed by atoms with Crippen molar-refractivity contribution in [3.05, 3.63) is 24.3 Å². The van der Waals surface area contributed by atoms with Crippen LogP contribution in [0.25, 0.3) is 0 Å². The lowest BCUT2D eigenvalue weighted by molar-refractivity contribution is -0.113. The van der Waals surface area contributed by atoms with Crippen LogP contribution in [0.5, 0.6) is 5.75 Å². The molecule has 140 valence electrons. The highest BCUT2D eigenvalue weighted by atomic mass is 32.2. The van der Waals surface area contributed by atoms with E-state index < -0.39 is 0 Å². The van der Waals surface area contributed by atoms with E-state index in [0.29, 0.717) is 13.2 Å². The zero-order valence-corrected chi connectivity index (χ0v) is 15.8. The van der Waals surface area contributed by atoms with Gasteiger partial charge in [-0.3, -0.25) is 9.36 Å². The van der Waals surface area contributed by atoms with Crippen molar-refractivity contribution in [2.24, 2.45) is 0 Å². The minimum Gasteiger partial charge on any atom is -0.497 e. The minimum absolute atomic E-state index is 0.0845. The van der Waals surface area contributed by atoms with Crippen LogP contribution in [0.15, 0.2) is 29.4 Å². The first-order valence-corrected chi connectivity index (χ1v) is 9.52. The lowest BCUT2D eigenvalue weighted by atomic mass is 10.3. The third kappa shape index (κ3) is 4.47. The highest BCUT2D eigenvalue weighted by molar-refractivity contribution is 7.99. The van der Waals surface area contributed by atoms with E-state index in [0.717, 1.165) is 42.2 Å². The van der Waals surface area contributed by atoms with Gasteiger partial charge in [-0.25, -0.2) is 0 Å². The summed E-state index contributed by atoms with van der Waals surface area (Å²) in [5, 5.41) is 12.2. The monoisotopic (exact) mass is 377 g/mol. The summed E-state index contributed by atoms with van der Waals surface area (Å²) < 4.78 is 12.5. The van der Waals surface area contributed by atoms with E-state index >= 15 is 0 Å². The van der Waals surface area contributed by atoms with E-state index in [4.69, 9.17) is 9.47 Å². The SMILES string of the molecule is CCn1c(SCC(=O)Nc2ccc(OC)cc2)nnc1N1CCOCC1. The average molecular weight is 377 g/mol. The van der Waals surface area contributed by atoms with Gasteiger partial charge >= 0.3 is 0 Å². The standard InChI is InChI=1S/C17H23N5O3S/c1-3-22-16(21-8-10-25-11-9-21)19-20-17(22)26-12-15(23)18-13-4-6-14(24-2)7-5-13/h4-7H,3,8-12H2,1-2H3,(H,18,23). The Labute approximate surface area is 156 Å².